The first-order valence-electron chi connectivity index (χ1n) is 5.25. The van der Waals surface area contributed by atoms with E-state index in [2.05, 4.69) is 10.3 Å². The van der Waals surface area contributed by atoms with E-state index in [1.165, 1.54) is 6.07 Å². The van der Waals surface area contributed by atoms with Gasteiger partial charge in [0.15, 0.2) is 0 Å². The first-order chi connectivity index (χ1) is 7.77. The first kappa shape index (κ1) is 11.0. The average Bonchev–Trinajstić information content (AvgIpc) is 2.72. The molecule has 0 aliphatic rings. The van der Waals surface area contributed by atoms with Crippen molar-refractivity contribution >= 4 is 10.9 Å². The van der Waals surface area contributed by atoms with Gasteiger partial charge in [-0.15, -0.1) is 0 Å². The van der Waals surface area contributed by atoms with E-state index < -0.39 is 0 Å². The summed E-state index contributed by atoms with van der Waals surface area (Å²) in [7, 11) is 3.49. The Balaban J connectivity index is 2.54. The molecule has 0 fully saturated rings. The summed E-state index contributed by atoms with van der Waals surface area (Å²) in [5, 5.41) is 3.92. The molecule has 16 heavy (non-hydrogen) atoms. The van der Waals surface area contributed by atoms with Crippen LogP contribution in [0.2, 0.25) is 0 Å². The van der Waals surface area contributed by atoms with Crippen LogP contribution in [0.4, 0.5) is 4.39 Å². The standard InChI is InChI=1S/C12H15FN2O/c1-14-6-5-8-7-15-12-9(13)3-4-10(16-2)11(8)12/h3-4,7,14-15H,5-6H2,1-2H3. The summed E-state index contributed by atoms with van der Waals surface area (Å²) in [5.41, 5.74) is 1.59. The van der Waals surface area contributed by atoms with Crippen molar-refractivity contribution in [2.75, 3.05) is 20.7 Å². The van der Waals surface area contributed by atoms with Crippen molar-refractivity contribution in [3.8, 4) is 5.75 Å². The molecule has 0 aliphatic heterocycles. The zero-order valence-electron chi connectivity index (χ0n) is 9.43. The molecule has 0 amide bonds. The number of hydrogen-bond donors (Lipinski definition) is 2. The van der Waals surface area contributed by atoms with Gasteiger partial charge in [0.25, 0.3) is 0 Å². The van der Waals surface area contributed by atoms with Gasteiger partial charge in [0.05, 0.1) is 12.6 Å². The number of H-pyrrole nitrogens is 1. The summed E-state index contributed by atoms with van der Waals surface area (Å²) in [6.45, 7) is 0.854. The van der Waals surface area contributed by atoms with Crippen molar-refractivity contribution in [1.29, 1.82) is 0 Å². The minimum atomic E-state index is -0.244. The van der Waals surface area contributed by atoms with Crippen LogP contribution in [0.15, 0.2) is 18.3 Å². The molecule has 0 saturated heterocycles. The highest BCUT2D eigenvalue weighted by Gasteiger charge is 2.12. The molecular formula is C12H15FN2O. The van der Waals surface area contributed by atoms with Crippen molar-refractivity contribution in [1.82, 2.24) is 10.3 Å². The Morgan fingerprint density at radius 3 is 2.94 bits per heavy atom. The summed E-state index contributed by atoms with van der Waals surface area (Å²) in [5.74, 6) is 0.468. The monoisotopic (exact) mass is 222 g/mol. The highest BCUT2D eigenvalue weighted by atomic mass is 19.1. The fourth-order valence-electron chi connectivity index (χ4n) is 1.88. The number of aromatic nitrogens is 1. The molecule has 1 heterocycles. The average molecular weight is 222 g/mol. The molecule has 0 spiro atoms. The van der Waals surface area contributed by atoms with E-state index in [1.54, 1.807) is 13.2 Å². The van der Waals surface area contributed by atoms with Crippen LogP contribution in [0, 0.1) is 5.82 Å². The summed E-state index contributed by atoms with van der Waals surface area (Å²) >= 11 is 0. The Labute approximate surface area is 93.6 Å². The lowest BCUT2D eigenvalue weighted by Crippen LogP contribution is -2.10. The predicted octanol–water partition coefficient (Wildman–Crippen LogP) is 2.08. The smallest absolute Gasteiger partial charge is 0.147 e. The molecule has 3 nitrogen and oxygen atoms in total. The van der Waals surface area contributed by atoms with Crippen LogP contribution in [-0.4, -0.2) is 25.7 Å². The molecule has 1 aromatic heterocycles. The number of methoxy groups -OCH3 is 1. The van der Waals surface area contributed by atoms with Gasteiger partial charge in [-0.2, -0.15) is 0 Å². The van der Waals surface area contributed by atoms with Gasteiger partial charge in [-0.25, -0.2) is 4.39 Å². The van der Waals surface area contributed by atoms with E-state index in [1.807, 2.05) is 13.2 Å². The van der Waals surface area contributed by atoms with Crippen molar-refractivity contribution in [2.24, 2.45) is 0 Å². The van der Waals surface area contributed by atoms with Gasteiger partial charge in [-0.1, -0.05) is 0 Å². The quantitative estimate of drug-likeness (QED) is 0.831. The van der Waals surface area contributed by atoms with Crippen LogP contribution in [0.1, 0.15) is 5.56 Å². The normalized spacial score (nSPS) is 10.9. The summed E-state index contributed by atoms with van der Waals surface area (Å²) < 4.78 is 18.8. The summed E-state index contributed by atoms with van der Waals surface area (Å²) in [6.07, 6.45) is 2.68. The molecule has 1 aromatic carbocycles. The molecule has 2 aromatic rings. The number of hydrogen-bond acceptors (Lipinski definition) is 2. The molecule has 4 heteroatoms. The zero-order valence-corrected chi connectivity index (χ0v) is 9.43. The van der Waals surface area contributed by atoms with Gasteiger partial charge in [-0.05, 0) is 37.7 Å². The number of benzene rings is 1. The topological polar surface area (TPSA) is 37.0 Å². The maximum Gasteiger partial charge on any atom is 0.147 e. The van der Waals surface area contributed by atoms with Crippen molar-refractivity contribution in [3.05, 3.63) is 29.7 Å². The van der Waals surface area contributed by atoms with Crippen LogP contribution in [0.25, 0.3) is 10.9 Å². The Bertz CT molecular complexity index is 493. The maximum atomic E-state index is 13.5. The third-order valence-corrected chi connectivity index (χ3v) is 2.69. The van der Waals surface area contributed by atoms with E-state index in [4.69, 9.17) is 4.74 Å². The van der Waals surface area contributed by atoms with Crippen LogP contribution in [-0.2, 0) is 6.42 Å². The molecule has 2 rings (SSSR count). The third kappa shape index (κ3) is 1.76. The van der Waals surface area contributed by atoms with Crippen molar-refractivity contribution in [2.45, 2.75) is 6.42 Å². The lowest BCUT2D eigenvalue weighted by atomic mass is 10.1. The Hall–Kier alpha value is -1.55. The van der Waals surface area contributed by atoms with E-state index >= 15 is 0 Å². The number of rotatable bonds is 4. The highest BCUT2D eigenvalue weighted by molar-refractivity contribution is 5.89. The Morgan fingerprint density at radius 2 is 2.25 bits per heavy atom. The van der Waals surface area contributed by atoms with Gasteiger partial charge < -0.3 is 15.0 Å². The fraction of sp³-hybridized carbons (Fsp3) is 0.333. The fourth-order valence-corrected chi connectivity index (χ4v) is 1.88. The minimum absolute atomic E-state index is 0.244. The number of nitrogens with one attached hydrogen (secondary N) is 2. The van der Waals surface area contributed by atoms with Gasteiger partial charge in [0, 0.05) is 11.6 Å². The minimum Gasteiger partial charge on any atom is -0.496 e. The number of fused-ring (bicyclic) bond motifs is 1. The second-order valence-electron chi connectivity index (χ2n) is 3.67. The molecule has 86 valence electrons. The molecule has 0 atom stereocenters. The van der Waals surface area contributed by atoms with Gasteiger partial charge in [0.1, 0.15) is 11.6 Å². The number of aromatic amines is 1. The second kappa shape index (κ2) is 4.53. The molecule has 0 bridgehead atoms. The van der Waals surface area contributed by atoms with Gasteiger partial charge in [-0.3, -0.25) is 0 Å². The van der Waals surface area contributed by atoms with Crippen LogP contribution in [0.5, 0.6) is 5.75 Å². The van der Waals surface area contributed by atoms with E-state index in [0.29, 0.717) is 11.3 Å². The molecule has 0 radical (unpaired) electrons. The molecule has 0 aliphatic carbocycles. The SMILES string of the molecule is CNCCc1c[nH]c2c(F)ccc(OC)c12. The van der Waals surface area contributed by atoms with Gasteiger partial charge in [0.2, 0.25) is 0 Å². The largest absolute Gasteiger partial charge is 0.496 e. The lowest BCUT2D eigenvalue weighted by molar-refractivity contribution is 0.419. The van der Waals surface area contributed by atoms with Crippen LogP contribution >= 0.6 is 0 Å². The molecule has 0 unspecified atom stereocenters. The predicted molar refractivity (Wildman–Crippen MR) is 62.4 cm³/mol. The number of halogens is 1. The zero-order chi connectivity index (χ0) is 11.5. The second-order valence-corrected chi connectivity index (χ2v) is 3.67. The van der Waals surface area contributed by atoms with Crippen LogP contribution in [0.3, 0.4) is 0 Å². The number of likely N-dealkylation sites (N-methyl/N-ethyl adjacent to an activating group) is 1. The Morgan fingerprint density at radius 1 is 1.44 bits per heavy atom. The summed E-state index contributed by atoms with van der Waals surface area (Å²) in [6, 6.07) is 3.08. The van der Waals surface area contributed by atoms with Crippen molar-refractivity contribution < 1.29 is 9.13 Å². The van der Waals surface area contributed by atoms with E-state index in [0.717, 1.165) is 23.9 Å². The first-order valence-corrected chi connectivity index (χ1v) is 5.25. The molecular weight excluding hydrogens is 207 g/mol. The van der Waals surface area contributed by atoms with E-state index in [9.17, 15) is 4.39 Å². The maximum absolute atomic E-state index is 13.5. The highest BCUT2D eigenvalue weighted by Crippen LogP contribution is 2.30. The Kier molecular flexibility index (Phi) is 3.10. The number of ether oxygens (including phenoxy) is 1. The van der Waals surface area contributed by atoms with E-state index in [-0.39, 0.29) is 5.82 Å². The van der Waals surface area contributed by atoms with Gasteiger partial charge >= 0.3 is 0 Å². The molecule has 0 saturated carbocycles. The van der Waals surface area contributed by atoms with Crippen molar-refractivity contribution in [3.63, 3.8) is 0 Å². The third-order valence-electron chi connectivity index (χ3n) is 2.69. The molecule has 2 N–H and O–H groups in total. The van der Waals surface area contributed by atoms with Crippen LogP contribution < -0.4 is 10.1 Å². The lowest BCUT2D eigenvalue weighted by Gasteiger charge is -2.05. The summed E-state index contributed by atoms with van der Waals surface area (Å²) in [4.78, 5) is 2.96.